The average Bonchev–Trinajstić information content (AvgIpc) is 3.26. The van der Waals surface area contributed by atoms with Gasteiger partial charge in [-0.25, -0.2) is 21.6 Å². The van der Waals surface area contributed by atoms with E-state index in [0.717, 1.165) is 51.4 Å². The largest absolute Gasteiger partial charge is 1.00 e. The fourth-order valence-electron chi connectivity index (χ4n) is 7.74. The van der Waals surface area contributed by atoms with E-state index in [0.29, 0.717) is 12.8 Å². The second kappa shape index (κ2) is 40.0. The van der Waals surface area contributed by atoms with E-state index < -0.39 is 88.7 Å². The first-order valence-corrected chi connectivity index (χ1v) is 26.9. The van der Waals surface area contributed by atoms with Crippen molar-refractivity contribution in [3.63, 3.8) is 0 Å². The number of hydrogen-bond donors (Lipinski definition) is 3. The Balaban J connectivity index is 0.0000218. The molecule has 1 aliphatic rings. The number of aliphatic hydroxyl groups is 2. The second-order valence-corrected chi connectivity index (χ2v) is 19.2. The van der Waals surface area contributed by atoms with Crippen LogP contribution in [0, 0.1) is 0 Å². The molecular weight excluding hydrogens is 929 g/mol. The fourth-order valence-corrected chi connectivity index (χ4v) is 8.52. The van der Waals surface area contributed by atoms with Gasteiger partial charge < -0.3 is 38.8 Å². The van der Waals surface area contributed by atoms with Crippen molar-refractivity contribution < 1.29 is 127 Å². The molecule has 376 valence electrons. The van der Waals surface area contributed by atoms with Crippen LogP contribution in [0.3, 0.4) is 0 Å². The molecule has 1 aromatic rings. The molecule has 1 amide bonds. The summed E-state index contributed by atoms with van der Waals surface area (Å²) in [5, 5.41) is 24.2. The number of carbonyl (C=O) groups excluding carboxylic acids is 2. The molecule has 1 heterocycles. The summed E-state index contributed by atoms with van der Waals surface area (Å²) in [5.41, 5.74) is 0.229. The standard InChI is InChI=1S/C47H81NO15S2.2Na/c1-3-5-7-9-11-13-15-17-19-21-23-25-30-34-40(61-46(52)38-32-28-27-29-33-38)39(48-42(49)35-31-26-24-22-20-18-16-14-12-10-8-6-4-2)36-59-47-45(63-65(56,57)58)44(51)43(50)41(62-47)37-60-64(53,54)55;;/h27-30,32-34,39-41,43-45,47,50-51H,3-26,31,35-37H2,1-2H3,(H,48,49)(H,53,54,55)(H,56,57,58);;/q;2*+1/p-2/b34-30+;;/t39-,40+,41+,43-,44-,45+,47-;;/m0../s1. The van der Waals surface area contributed by atoms with Crippen LogP contribution in [-0.2, 0) is 48.2 Å². The molecule has 0 aromatic heterocycles. The van der Waals surface area contributed by atoms with E-state index in [-0.39, 0.29) is 71.1 Å². The molecule has 0 saturated carbocycles. The predicted molar refractivity (Wildman–Crippen MR) is 245 cm³/mol. The van der Waals surface area contributed by atoms with Gasteiger partial charge >= 0.3 is 65.1 Å². The Hall–Kier alpha value is -0.520. The van der Waals surface area contributed by atoms with Gasteiger partial charge in [0.05, 0.1) is 24.8 Å². The average molecular weight is 1010 g/mol. The molecule has 1 aromatic carbocycles. The van der Waals surface area contributed by atoms with E-state index in [1.807, 2.05) is 6.08 Å². The zero-order chi connectivity index (χ0) is 47.8. The van der Waals surface area contributed by atoms with Gasteiger partial charge in [-0.15, -0.1) is 0 Å². The smallest absolute Gasteiger partial charge is 0.726 e. The van der Waals surface area contributed by atoms with Gasteiger partial charge in [0.2, 0.25) is 26.7 Å². The predicted octanol–water partition coefficient (Wildman–Crippen LogP) is 2.23. The quantitative estimate of drug-likeness (QED) is 0.0214. The van der Waals surface area contributed by atoms with Crippen LogP contribution < -0.4 is 64.4 Å². The van der Waals surface area contributed by atoms with Crippen LogP contribution in [0.25, 0.3) is 0 Å². The number of aliphatic hydroxyl groups excluding tert-OH is 2. The zero-order valence-electron chi connectivity index (χ0n) is 40.9. The maximum atomic E-state index is 13.5. The zero-order valence-corrected chi connectivity index (χ0v) is 46.5. The number of carbonyl (C=O) groups is 2. The van der Waals surface area contributed by atoms with Crippen LogP contribution in [0.15, 0.2) is 42.5 Å². The van der Waals surface area contributed by atoms with Crippen LogP contribution in [0.4, 0.5) is 0 Å². The molecule has 16 nitrogen and oxygen atoms in total. The Bertz CT molecular complexity index is 1660. The van der Waals surface area contributed by atoms with Crippen LogP contribution in [-0.4, -0.2) is 104 Å². The summed E-state index contributed by atoms with van der Waals surface area (Å²) in [6.07, 6.45) is 20.2. The Kier molecular flexibility index (Phi) is 39.7. The van der Waals surface area contributed by atoms with E-state index in [9.17, 15) is 45.7 Å². The van der Waals surface area contributed by atoms with Crippen molar-refractivity contribution in [2.75, 3.05) is 13.2 Å². The van der Waals surface area contributed by atoms with Crippen LogP contribution >= 0.6 is 0 Å². The van der Waals surface area contributed by atoms with Gasteiger partial charge in [0.25, 0.3) is 0 Å². The summed E-state index contributed by atoms with van der Waals surface area (Å²) < 4.78 is 94.7. The molecule has 67 heavy (non-hydrogen) atoms. The fraction of sp³-hybridized carbons (Fsp3) is 0.787. The first-order chi connectivity index (χ1) is 31.1. The van der Waals surface area contributed by atoms with Crippen LogP contribution in [0.2, 0.25) is 0 Å². The minimum absolute atomic E-state index is 0. The Morgan fingerprint density at radius 1 is 0.701 bits per heavy atom. The number of nitrogens with one attached hydrogen (secondary N) is 1. The van der Waals surface area contributed by atoms with Crippen LogP contribution in [0.1, 0.15) is 191 Å². The van der Waals surface area contributed by atoms with Gasteiger partial charge in [-0.05, 0) is 37.5 Å². The first-order valence-electron chi connectivity index (χ1n) is 24.2. The number of amides is 1. The van der Waals surface area contributed by atoms with Gasteiger partial charge in [-0.1, -0.05) is 179 Å². The molecule has 1 aliphatic heterocycles. The summed E-state index contributed by atoms with van der Waals surface area (Å²) in [7, 11) is -10.9. The van der Waals surface area contributed by atoms with Crippen LogP contribution in [0.5, 0.6) is 0 Å². The number of ether oxygens (including phenoxy) is 3. The topological polar surface area (TPSA) is 247 Å². The van der Waals surface area contributed by atoms with E-state index in [1.165, 1.54) is 96.3 Å². The molecule has 0 aliphatic carbocycles. The van der Waals surface area contributed by atoms with Crippen molar-refractivity contribution in [1.82, 2.24) is 5.32 Å². The van der Waals surface area contributed by atoms with Gasteiger partial charge in [0.1, 0.15) is 24.4 Å². The molecule has 2 rings (SSSR count). The summed E-state index contributed by atoms with van der Waals surface area (Å²) in [4.78, 5) is 27.0. The first kappa shape index (κ1) is 66.5. The molecule has 1 saturated heterocycles. The number of allylic oxidation sites excluding steroid dienone is 1. The summed E-state index contributed by atoms with van der Waals surface area (Å²) in [6.45, 7) is 2.71. The third-order valence-corrected chi connectivity index (χ3v) is 12.4. The molecule has 1 fully saturated rings. The Morgan fingerprint density at radius 2 is 1.18 bits per heavy atom. The van der Waals surface area contributed by atoms with Crippen molar-refractivity contribution in [2.45, 2.75) is 224 Å². The summed E-state index contributed by atoms with van der Waals surface area (Å²) in [5.74, 6) is -1.11. The number of benzene rings is 1. The third-order valence-electron chi connectivity index (χ3n) is 11.5. The normalized spacial score (nSPS) is 19.6. The number of hydrogen-bond acceptors (Lipinski definition) is 15. The SMILES string of the molecule is CCCCCCCCCCCCC/C=C/[C@@H](OC(=O)c1ccccc1)[C@H](CO[C@H]1O[C@H](COS(=O)(=O)[O-])[C@H](O)[C@H](O)[C@H]1OS(=O)(=O)[O-])NC(=O)CCCCCCCCCCCCCCC.[Na+].[Na+]. The van der Waals surface area contributed by atoms with Gasteiger partial charge in [-0.3, -0.25) is 13.2 Å². The number of esters is 1. The Morgan fingerprint density at radius 3 is 1.66 bits per heavy atom. The molecule has 3 N–H and O–H groups in total. The van der Waals surface area contributed by atoms with Gasteiger partial charge in [-0.2, -0.15) is 0 Å². The molecule has 0 spiro atoms. The van der Waals surface area contributed by atoms with E-state index in [1.54, 1.807) is 36.4 Å². The minimum Gasteiger partial charge on any atom is -0.726 e. The van der Waals surface area contributed by atoms with E-state index in [4.69, 9.17) is 14.2 Å². The monoisotopic (exact) mass is 1010 g/mol. The minimum atomic E-state index is -5.55. The second-order valence-electron chi connectivity index (χ2n) is 17.2. The molecule has 7 atom stereocenters. The molecule has 0 unspecified atom stereocenters. The maximum absolute atomic E-state index is 13.5. The number of unbranched alkanes of at least 4 members (excludes halogenated alkanes) is 23. The molecular formula is C47H79NNa2O15S2. The molecule has 0 bridgehead atoms. The summed E-state index contributed by atoms with van der Waals surface area (Å²) >= 11 is 0. The van der Waals surface area contributed by atoms with Crippen molar-refractivity contribution in [2.24, 2.45) is 0 Å². The van der Waals surface area contributed by atoms with E-state index in [2.05, 4.69) is 27.5 Å². The Labute approximate surface area is 446 Å². The maximum Gasteiger partial charge on any atom is 1.00 e. The molecule has 0 radical (unpaired) electrons. The van der Waals surface area contributed by atoms with E-state index >= 15 is 0 Å². The van der Waals surface area contributed by atoms with Crippen molar-refractivity contribution >= 4 is 32.7 Å². The summed E-state index contributed by atoms with van der Waals surface area (Å²) in [6, 6.07) is 7.01. The third kappa shape index (κ3) is 33.0. The van der Waals surface area contributed by atoms with Crippen molar-refractivity contribution in [3.8, 4) is 0 Å². The van der Waals surface area contributed by atoms with Gasteiger partial charge in [0.15, 0.2) is 12.4 Å². The number of rotatable bonds is 39. The van der Waals surface area contributed by atoms with Gasteiger partial charge in [0, 0.05) is 6.42 Å². The molecule has 20 heteroatoms. The van der Waals surface area contributed by atoms with Crippen molar-refractivity contribution in [3.05, 3.63) is 48.0 Å². The van der Waals surface area contributed by atoms with Crippen molar-refractivity contribution in [1.29, 1.82) is 0 Å².